The second kappa shape index (κ2) is 7.34. The zero-order chi connectivity index (χ0) is 15.2. The fourth-order valence-electron chi connectivity index (χ4n) is 2.12. The number of nitrogens with two attached hydrogens (primary N) is 1. The molecule has 0 radical (unpaired) electrons. The highest BCUT2D eigenvalue weighted by molar-refractivity contribution is 5.38. The Kier molecular flexibility index (Phi) is 5.48. The molecule has 1 aliphatic rings. The normalized spacial score (nSPS) is 22.2. The summed E-state index contributed by atoms with van der Waals surface area (Å²) in [7, 11) is 0. The van der Waals surface area contributed by atoms with Gasteiger partial charge in [-0.05, 0) is 13.3 Å². The second-order valence-corrected chi connectivity index (χ2v) is 4.89. The Morgan fingerprint density at radius 1 is 1.43 bits per heavy atom. The third-order valence-corrected chi connectivity index (χ3v) is 2.98. The van der Waals surface area contributed by atoms with Crippen LogP contribution in [0.15, 0.2) is 0 Å². The fraction of sp³-hybridized carbons (Fsp3) is 0.750. The maximum Gasteiger partial charge on any atom is 0.323 e. The number of aliphatic hydroxyl groups excluding tert-OH is 1. The van der Waals surface area contributed by atoms with Crippen LogP contribution in [0.1, 0.15) is 20.3 Å². The Hall–Kier alpha value is -1.71. The molecular formula is C12H22N6O3. The summed E-state index contributed by atoms with van der Waals surface area (Å²) in [6.07, 6.45) is 0.565. The summed E-state index contributed by atoms with van der Waals surface area (Å²) in [5.41, 5.74) is 2.41. The Morgan fingerprint density at radius 3 is 2.90 bits per heavy atom. The first-order valence-corrected chi connectivity index (χ1v) is 7.03. The second-order valence-electron chi connectivity index (χ2n) is 4.89. The molecule has 2 heterocycles. The molecular weight excluding hydrogens is 276 g/mol. The summed E-state index contributed by atoms with van der Waals surface area (Å²) < 4.78 is 11.0. The van der Waals surface area contributed by atoms with Crippen molar-refractivity contribution < 1.29 is 14.6 Å². The molecule has 0 spiro atoms. The predicted molar refractivity (Wildman–Crippen MR) is 77.1 cm³/mol. The minimum absolute atomic E-state index is 0.0260. The monoisotopic (exact) mass is 298 g/mol. The Morgan fingerprint density at radius 2 is 2.24 bits per heavy atom. The molecule has 1 aliphatic heterocycles. The van der Waals surface area contributed by atoms with Crippen molar-refractivity contribution >= 4 is 11.9 Å². The highest BCUT2D eigenvalue weighted by Crippen LogP contribution is 2.19. The summed E-state index contributed by atoms with van der Waals surface area (Å²) in [6.45, 7) is 5.53. The molecule has 0 amide bonds. The molecule has 118 valence electrons. The molecule has 4 N–H and O–H groups in total. The highest BCUT2D eigenvalue weighted by atomic mass is 16.5. The van der Waals surface area contributed by atoms with Gasteiger partial charge in [-0.3, -0.25) is 5.43 Å². The number of ether oxygens (including phenoxy) is 2. The van der Waals surface area contributed by atoms with Crippen LogP contribution in [0.3, 0.4) is 0 Å². The lowest BCUT2D eigenvalue weighted by molar-refractivity contribution is -0.0425. The standard InChI is InChI=1S/C12H22N6O3/c1-3-4-20-12-15-10(17-13)14-11(16-12)18-5-8(2)21-9(6-18)7-19/h8-9,19H,3-7,13H2,1-2H3,(H,14,15,16,17). The van der Waals surface area contributed by atoms with Gasteiger partial charge in [0, 0.05) is 13.1 Å². The lowest BCUT2D eigenvalue weighted by atomic mass is 10.2. The molecule has 1 fully saturated rings. The van der Waals surface area contributed by atoms with Crippen LogP contribution in [0.4, 0.5) is 11.9 Å². The zero-order valence-corrected chi connectivity index (χ0v) is 12.3. The number of aliphatic hydroxyl groups is 1. The summed E-state index contributed by atoms with van der Waals surface area (Å²) in [6, 6.07) is 0.231. The van der Waals surface area contributed by atoms with E-state index in [2.05, 4.69) is 20.4 Å². The van der Waals surface area contributed by atoms with E-state index in [9.17, 15) is 5.11 Å². The molecule has 2 unspecified atom stereocenters. The first-order valence-electron chi connectivity index (χ1n) is 7.03. The van der Waals surface area contributed by atoms with Crippen LogP contribution in [0.25, 0.3) is 0 Å². The van der Waals surface area contributed by atoms with Gasteiger partial charge >= 0.3 is 6.01 Å². The van der Waals surface area contributed by atoms with E-state index in [4.69, 9.17) is 15.3 Å². The van der Waals surface area contributed by atoms with Gasteiger partial charge in [-0.25, -0.2) is 5.84 Å². The topological polar surface area (TPSA) is 119 Å². The average molecular weight is 298 g/mol. The summed E-state index contributed by atoms with van der Waals surface area (Å²) >= 11 is 0. The van der Waals surface area contributed by atoms with Gasteiger partial charge in [0.05, 0.1) is 25.4 Å². The molecule has 21 heavy (non-hydrogen) atoms. The summed E-state index contributed by atoms with van der Waals surface area (Å²) in [5.74, 6) is 6.08. The molecule has 0 aliphatic carbocycles. The van der Waals surface area contributed by atoms with Gasteiger partial charge in [-0.15, -0.1) is 0 Å². The molecule has 1 aromatic rings. The molecule has 0 bridgehead atoms. The maximum atomic E-state index is 9.28. The van der Waals surface area contributed by atoms with Crippen molar-refractivity contribution in [3.8, 4) is 6.01 Å². The van der Waals surface area contributed by atoms with Crippen molar-refractivity contribution in [2.24, 2.45) is 5.84 Å². The maximum absolute atomic E-state index is 9.28. The lowest BCUT2D eigenvalue weighted by Crippen LogP contribution is -2.48. The van der Waals surface area contributed by atoms with Gasteiger partial charge in [0.15, 0.2) is 0 Å². The highest BCUT2D eigenvalue weighted by Gasteiger charge is 2.27. The largest absolute Gasteiger partial charge is 0.463 e. The van der Waals surface area contributed by atoms with Crippen LogP contribution in [-0.4, -0.2) is 58.6 Å². The third-order valence-electron chi connectivity index (χ3n) is 2.98. The fourth-order valence-corrected chi connectivity index (χ4v) is 2.12. The van der Waals surface area contributed by atoms with E-state index in [0.717, 1.165) is 6.42 Å². The van der Waals surface area contributed by atoms with Crippen LogP contribution in [0.2, 0.25) is 0 Å². The molecule has 2 atom stereocenters. The van der Waals surface area contributed by atoms with Crippen molar-refractivity contribution in [2.75, 3.05) is 36.6 Å². The quantitative estimate of drug-likeness (QED) is 0.473. The van der Waals surface area contributed by atoms with Gasteiger partial charge in [0.25, 0.3) is 0 Å². The van der Waals surface area contributed by atoms with Gasteiger partial charge in [-0.2, -0.15) is 15.0 Å². The van der Waals surface area contributed by atoms with E-state index < -0.39 is 0 Å². The smallest absolute Gasteiger partial charge is 0.323 e. The van der Waals surface area contributed by atoms with E-state index in [0.29, 0.717) is 25.6 Å². The first-order chi connectivity index (χ1) is 10.2. The van der Waals surface area contributed by atoms with Crippen molar-refractivity contribution in [1.29, 1.82) is 0 Å². The molecule has 2 rings (SSSR count). The van der Waals surface area contributed by atoms with Gasteiger partial charge in [0.1, 0.15) is 0 Å². The van der Waals surface area contributed by atoms with Crippen molar-refractivity contribution in [2.45, 2.75) is 32.5 Å². The Balaban J connectivity index is 2.20. The number of nitrogens with zero attached hydrogens (tertiary/aromatic N) is 4. The minimum atomic E-state index is -0.264. The average Bonchev–Trinajstić information content (AvgIpc) is 2.51. The minimum Gasteiger partial charge on any atom is -0.463 e. The number of aromatic nitrogens is 3. The Bertz CT molecular complexity index is 461. The molecule has 0 aromatic carbocycles. The number of hydrogen-bond acceptors (Lipinski definition) is 9. The molecule has 1 aromatic heterocycles. The van der Waals surface area contributed by atoms with Crippen LogP contribution in [0, 0.1) is 0 Å². The first kappa shape index (κ1) is 15.7. The molecule has 9 heteroatoms. The summed E-state index contributed by atoms with van der Waals surface area (Å²) in [4.78, 5) is 14.5. The predicted octanol–water partition coefficient (Wildman–Crippen LogP) is -0.468. The van der Waals surface area contributed by atoms with Crippen LogP contribution < -0.4 is 20.9 Å². The number of nitrogens with one attached hydrogen (secondary N) is 1. The van der Waals surface area contributed by atoms with Crippen LogP contribution in [0.5, 0.6) is 6.01 Å². The van der Waals surface area contributed by atoms with Crippen LogP contribution in [-0.2, 0) is 4.74 Å². The van der Waals surface area contributed by atoms with E-state index in [-0.39, 0.29) is 30.8 Å². The van der Waals surface area contributed by atoms with E-state index in [1.807, 2.05) is 18.7 Å². The van der Waals surface area contributed by atoms with E-state index >= 15 is 0 Å². The van der Waals surface area contributed by atoms with Crippen molar-refractivity contribution in [1.82, 2.24) is 15.0 Å². The van der Waals surface area contributed by atoms with Crippen molar-refractivity contribution in [3.63, 3.8) is 0 Å². The molecule has 1 saturated heterocycles. The zero-order valence-electron chi connectivity index (χ0n) is 12.3. The van der Waals surface area contributed by atoms with Crippen LogP contribution >= 0.6 is 0 Å². The van der Waals surface area contributed by atoms with Gasteiger partial charge < -0.3 is 19.5 Å². The number of anilines is 2. The Labute approximate surface area is 123 Å². The van der Waals surface area contributed by atoms with E-state index in [1.165, 1.54) is 0 Å². The van der Waals surface area contributed by atoms with Crippen molar-refractivity contribution in [3.05, 3.63) is 0 Å². The molecule has 9 nitrogen and oxygen atoms in total. The van der Waals surface area contributed by atoms with Gasteiger partial charge in [0.2, 0.25) is 11.9 Å². The third kappa shape index (κ3) is 4.13. The number of morpholine rings is 1. The lowest BCUT2D eigenvalue weighted by Gasteiger charge is -2.36. The molecule has 0 saturated carbocycles. The van der Waals surface area contributed by atoms with E-state index in [1.54, 1.807) is 0 Å². The number of hydrogen-bond donors (Lipinski definition) is 3. The van der Waals surface area contributed by atoms with Gasteiger partial charge in [-0.1, -0.05) is 6.92 Å². The number of hydrazine groups is 1. The summed E-state index contributed by atoms with van der Waals surface area (Å²) in [5, 5.41) is 9.28. The number of nitrogen functional groups attached to an aromatic ring is 1. The number of rotatable bonds is 6. The SMILES string of the molecule is CCCOc1nc(NN)nc(N2CC(C)OC(CO)C2)n1.